The van der Waals surface area contributed by atoms with Gasteiger partial charge in [-0.1, -0.05) is 32.6 Å². The van der Waals surface area contributed by atoms with E-state index in [1.165, 1.54) is 19.3 Å². The van der Waals surface area contributed by atoms with Crippen LogP contribution in [0.25, 0.3) is 0 Å². The van der Waals surface area contributed by atoms with Crippen molar-refractivity contribution in [3.63, 3.8) is 0 Å². The second-order valence-corrected chi connectivity index (χ2v) is 9.81. The van der Waals surface area contributed by atoms with Gasteiger partial charge in [0, 0.05) is 30.2 Å². The average molecular weight is 390 g/mol. The van der Waals surface area contributed by atoms with Gasteiger partial charge in [-0.05, 0) is 50.4 Å². The fourth-order valence-electron chi connectivity index (χ4n) is 6.19. The van der Waals surface area contributed by atoms with Crippen molar-refractivity contribution in [1.29, 1.82) is 0 Å². The molecule has 6 unspecified atom stereocenters. The van der Waals surface area contributed by atoms with Gasteiger partial charge in [0.15, 0.2) is 0 Å². The van der Waals surface area contributed by atoms with Crippen LogP contribution in [0, 0.1) is 27.9 Å². The summed E-state index contributed by atoms with van der Waals surface area (Å²) in [5, 5.41) is 11.3. The third-order valence-corrected chi connectivity index (χ3v) is 7.68. The highest BCUT2D eigenvalue weighted by molar-refractivity contribution is 6.02. The van der Waals surface area contributed by atoms with Crippen molar-refractivity contribution in [1.82, 2.24) is 4.90 Å². The normalized spacial score (nSPS) is 39.2. The van der Waals surface area contributed by atoms with Crippen LogP contribution in [-0.2, 0) is 4.79 Å². The number of nitrogens with zero attached hydrogens (tertiary/aromatic N) is 3. The lowest BCUT2D eigenvalue weighted by molar-refractivity contribution is -0.527. The minimum absolute atomic E-state index is 0.0765. The summed E-state index contributed by atoms with van der Waals surface area (Å²) in [7, 11) is 0. The molecule has 4 aliphatic rings. The third-order valence-electron chi connectivity index (χ3n) is 7.68. The van der Waals surface area contributed by atoms with E-state index in [-0.39, 0.29) is 22.9 Å². The Morgan fingerprint density at radius 1 is 1.04 bits per heavy atom. The summed E-state index contributed by atoms with van der Waals surface area (Å²) in [6.07, 6.45) is 12.9. The lowest BCUT2D eigenvalue weighted by Crippen LogP contribution is -2.55. The smallest absolute Gasteiger partial charge is 0.233 e. The molecular weight excluding hydrogens is 354 g/mol. The molecule has 0 N–H and O–H groups in total. The van der Waals surface area contributed by atoms with Crippen LogP contribution in [0.2, 0.25) is 0 Å². The van der Waals surface area contributed by atoms with Crippen LogP contribution < -0.4 is 0 Å². The van der Waals surface area contributed by atoms with Crippen LogP contribution in [0.3, 0.4) is 0 Å². The monoisotopic (exact) mass is 389 g/mol. The fraction of sp³-hybridized carbons (Fsp3) is 0.909. The number of amides is 1. The molecule has 0 aromatic heterocycles. The Kier molecular flexibility index (Phi) is 6.02. The zero-order valence-electron chi connectivity index (χ0n) is 17.2. The largest absolute Gasteiger partial charge is 0.297 e. The standard InChI is InChI=1S/C22H35N3O3/c1-15-6-4-8-17(12-15)24-21(14-16-7-5-9-18(13-16)25(27)28)23-20-11-3-2-10-19(20)22(24)26/h15-20H,2-14H2,1H3. The average Bonchev–Trinajstić information content (AvgIpc) is 2.68. The molecule has 4 rings (SSSR count). The first-order valence-corrected chi connectivity index (χ1v) is 11.6. The van der Waals surface area contributed by atoms with Crippen LogP contribution in [0.15, 0.2) is 4.99 Å². The number of aliphatic imine (C=N–C) groups is 1. The van der Waals surface area contributed by atoms with Crippen LogP contribution in [0.4, 0.5) is 0 Å². The molecular formula is C22H35N3O3. The molecule has 156 valence electrons. The first-order chi connectivity index (χ1) is 13.5. The second-order valence-electron chi connectivity index (χ2n) is 9.81. The molecule has 0 aromatic carbocycles. The molecule has 6 heteroatoms. The Bertz CT molecular complexity index is 635. The van der Waals surface area contributed by atoms with Crippen LogP contribution in [-0.4, -0.2) is 39.7 Å². The van der Waals surface area contributed by atoms with Crippen LogP contribution in [0.5, 0.6) is 0 Å². The molecule has 28 heavy (non-hydrogen) atoms. The number of carbonyl (C=O) groups is 1. The number of hydrogen-bond donors (Lipinski definition) is 0. The van der Waals surface area contributed by atoms with Gasteiger partial charge in [-0.15, -0.1) is 0 Å². The molecule has 0 spiro atoms. The predicted octanol–water partition coefficient (Wildman–Crippen LogP) is 4.59. The molecule has 3 aliphatic carbocycles. The summed E-state index contributed by atoms with van der Waals surface area (Å²) < 4.78 is 0. The molecule has 6 atom stereocenters. The molecule has 0 bridgehead atoms. The van der Waals surface area contributed by atoms with Gasteiger partial charge in [0.2, 0.25) is 11.9 Å². The van der Waals surface area contributed by atoms with Crippen LogP contribution in [0.1, 0.15) is 90.4 Å². The topological polar surface area (TPSA) is 75.8 Å². The summed E-state index contributed by atoms with van der Waals surface area (Å²) in [6.45, 7) is 2.30. The maximum atomic E-state index is 13.5. The Morgan fingerprint density at radius 2 is 1.82 bits per heavy atom. The van der Waals surface area contributed by atoms with E-state index in [2.05, 4.69) is 11.8 Å². The predicted molar refractivity (Wildman–Crippen MR) is 109 cm³/mol. The van der Waals surface area contributed by atoms with Gasteiger partial charge >= 0.3 is 0 Å². The SMILES string of the molecule is CC1CCCC(N2C(=O)C3CCCCC3N=C2CC2CCCC([N+](=O)[O-])C2)C1. The zero-order valence-corrected chi connectivity index (χ0v) is 17.2. The van der Waals surface area contributed by atoms with Gasteiger partial charge in [-0.2, -0.15) is 0 Å². The van der Waals surface area contributed by atoms with E-state index >= 15 is 0 Å². The lowest BCUT2D eigenvalue weighted by atomic mass is 9.78. The summed E-state index contributed by atoms with van der Waals surface area (Å²) in [4.78, 5) is 32.0. The first-order valence-electron chi connectivity index (χ1n) is 11.6. The van der Waals surface area contributed by atoms with E-state index in [9.17, 15) is 14.9 Å². The van der Waals surface area contributed by atoms with Crippen molar-refractivity contribution in [2.24, 2.45) is 22.7 Å². The molecule has 0 radical (unpaired) electrons. The van der Waals surface area contributed by atoms with Gasteiger partial charge in [-0.25, -0.2) is 0 Å². The van der Waals surface area contributed by atoms with Gasteiger partial charge in [0.25, 0.3) is 0 Å². The van der Waals surface area contributed by atoms with Crippen molar-refractivity contribution in [3.05, 3.63) is 10.1 Å². The van der Waals surface area contributed by atoms with Crippen molar-refractivity contribution < 1.29 is 9.72 Å². The van der Waals surface area contributed by atoms with E-state index < -0.39 is 6.04 Å². The molecule has 0 saturated heterocycles. The molecule has 1 amide bonds. The minimum Gasteiger partial charge on any atom is -0.297 e. The number of hydrogen-bond acceptors (Lipinski definition) is 4. The minimum atomic E-state index is -0.413. The highest BCUT2D eigenvalue weighted by Gasteiger charge is 2.43. The van der Waals surface area contributed by atoms with Crippen molar-refractivity contribution >= 4 is 11.7 Å². The van der Waals surface area contributed by atoms with Gasteiger partial charge < -0.3 is 0 Å². The van der Waals surface area contributed by atoms with E-state index in [1.807, 2.05) is 0 Å². The quantitative estimate of drug-likeness (QED) is 0.521. The summed E-state index contributed by atoms with van der Waals surface area (Å²) in [6, 6.07) is 0.0282. The molecule has 3 saturated carbocycles. The number of nitro groups is 1. The number of rotatable bonds is 4. The summed E-state index contributed by atoms with van der Waals surface area (Å²) in [5.74, 6) is 2.31. The van der Waals surface area contributed by atoms with Crippen molar-refractivity contribution in [2.45, 2.75) is 109 Å². The Labute approximate surface area is 168 Å². The van der Waals surface area contributed by atoms with E-state index in [1.54, 1.807) is 0 Å². The molecule has 1 aliphatic heterocycles. The van der Waals surface area contributed by atoms with Crippen molar-refractivity contribution in [3.8, 4) is 0 Å². The van der Waals surface area contributed by atoms with Gasteiger partial charge in [-0.3, -0.25) is 24.8 Å². The van der Waals surface area contributed by atoms with E-state index in [0.717, 1.165) is 57.2 Å². The molecule has 1 heterocycles. The maximum absolute atomic E-state index is 13.5. The molecule has 6 nitrogen and oxygen atoms in total. The maximum Gasteiger partial charge on any atom is 0.233 e. The summed E-state index contributed by atoms with van der Waals surface area (Å²) in [5.41, 5.74) is 0. The first kappa shape index (κ1) is 19.8. The van der Waals surface area contributed by atoms with E-state index in [0.29, 0.717) is 30.6 Å². The Balaban J connectivity index is 1.56. The highest BCUT2D eigenvalue weighted by atomic mass is 16.6. The number of fused-ring (bicyclic) bond motifs is 1. The second kappa shape index (κ2) is 8.50. The highest BCUT2D eigenvalue weighted by Crippen LogP contribution is 2.38. The van der Waals surface area contributed by atoms with Crippen LogP contribution >= 0.6 is 0 Å². The lowest BCUT2D eigenvalue weighted by Gasteiger charge is -2.45. The Hall–Kier alpha value is -1.46. The third kappa shape index (κ3) is 4.11. The van der Waals surface area contributed by atoms with Crippen molar-refractivity contribution in [2.75, 3.05) is 0 Å². The molecule has 3 fully saturated rings. The van der Waals surface area contributed by atoms with Gasteiger partial charge in [0.05, 0.1) is 12.0 Å². The van der Waals surface area contributed by atoms with Gasteiger partial charge in [0.1, 0.15) is 5.84 Å². The summed E-state index contributed by atoms with van der Waals surface area (Å²) >= 11 is 0. The number of amidine groups is 1. The number of carbonyl (C=O) groups excluding carboxylic acids is 1. The van der Waals surface area contributed by atoms with E-state index in [4.69, 9.17) is 4.99 Å². The zero-order chi connectivity index (χ0) is 19.7. The molecule has 0 aromatic rings. The Morgan fingerprint density at radius 3 is 2.61 bits per heavy atom. The fourth-order valence-corrected chi connectivity index (χ4v) is 6.19.